The van der Waals surface area contributed by atoms with Crippen molar-refractivity contribution in [3.8, 4) is 11.6 Å². The lowest BCUT2D eigenvalue weighted by Crippen LogP contribution is -2.32. The number of imidazole rings is 2. The second-order valence-corrected chi connectivity index (χ2v) is 8.45. The van der Waals surface area contributed by atoms with Crippen molar-refractivity contribution in [2.45, 2.75) is 19.5 Å². The predicted octanol–water partition coefficient (Wildman–Crippen LogP) is 0.546. The molecule has 3 heterocycles. The normalized spacial score (nSPS) is 19.7. The smallest absolute Gasteiger partial charge is 0.290 e. The lowest BCUT2D eigenvalue weighted by molar-refractivity contribution is -0.122. The number of carboxylic acid groups (broad SMARTS) is 1. The van der Waals surface area contributed by atoms with Crippen LogP contribution in [-0.4, -0.2) is 76.5 Å². The largest absolute Gasteiger partial charge is 0.483 e. The van der Waals surface area contributed by atoms with Crippen molar-refractivity contribution in [3.63, 3.8) is 0 Å². The summed E-state index contributed by atoms with van der Waals surface area (Å²) in [6, 6.07) is -0.0702. The third kappa shape index (κ3) is 4.73. The molecule has 1 aliphatic heterocycles. The second kappa shape index (κ2) is 9.11. The Morgan fingerprint density at radius 1 is 1.26 bits per heavy atom. The van der Waals surface area contributed by atoms with Gasteiger partial charge in [0.2, 0.25) is 10.0 Å². The first kappa shape index (κ1) is 21.1. The van der Waals surface area contributed by atoms with Crippen LogP contribution in [0.1, 0.15) is 13.0 Å². The van der Waals surface area contributed by atoms with Crippen LogP contribution in [0.2, 0.25) is 0 Å². The molecule has 27 heavy (non-hydrogen) atoms. The quantitative estimate of drug-likeness (QED) is 0.704. The van der Waals surface area contributed by atoms with Crippen LogP contribution >= 0.6 is 0 Å². The Balaban J connectivity index is 0.000000817. The van der Waals surface area contributed by atoms with Crippen molar-refractivity contribution in [2.75, 3.05) is 33.1 Å². The van der Waals surface area contributed by atoms with Crippen molar-refractivity contribution in [1.82, 2.24) is 23.4 Å². The Kier molecular flexibility index (Phi) is 7.11. The molecule has 0 saturated carbocycles. The lowest BCUT2D eigenvalue weighted by atomic mass is 10.1. The molecule has 2 atom stereocenters. The van der Waals surface area contributed by atoms with Gasteiger partial charge in [-0.1, -0.05) is 0 Å². The molecule has 11 heteroatoms. The van der Waals surface area contributed by atoms with Gasteiger partial charge in [0.15, 0.2) is 11.6 Å². The number of carbonyl (C=O) groups is 1. The standard InChI is InChI=1S/C15H23N5O3S.CH2O2/c1-4-19-7-5-16-14(19)15-17-6-8-20(15)13-10-23-9-12(13)11-24(21,22)18(2)3;2-1-3/h5-8,12-13H,4,9-11H2,1-3H3;1H,(H,2,3)/t12-,13-;/m1./s1. The molecule has 0 unspecified atom stereocenters. The fraction of sp³-hybridized carbons (Fsp3) is 0.562. The minimum absolute atomic E-state index is 0.0600. The fourth-order valence-corrected chi connectivity index (χ4v) is 4.16. The number of hydrogen-bond donors (Lipinski definition) is 1. The molecule has 1 N–H and O–H groups in total. The number of hydrogen-bond acceptors (Lipinski definition) is 6. The van der Waals surface area contributed by atoms with Gasteiger partial charge in [-0.25, -0.2) is 22.7 Å². The maximum absolute atomic E-state index is 12.2. The van der Waals surface area contributed by atoms with Crippen molar-refractivity contribution >= 4 is 16.5 Å². The zero-order valence-corrected chi connectivity index (χ0v) is 16.4. The van der Waals surface area contributed by atoms with Gasteiger partial charge in [0.1, 0.15) is 0 Å². The zero-order chi connectivity index (χ0) is 20.0. The van der Waals surface area contributed by atoms with Gasteiger partial charge in [-0.2, -0.15) is 0 Å². The van der Waals surface area contributed by atoms with E-state index in [1.54, 1.807) is 26.5 Å². The van der Waals surface area contributed by atoms with E-state index in [-0.39, 0.29) is 24.2 Å². The molecule has 1 saturated heterocycles. The van der Waals surface area contributed by atoms with E-state index in [1.165, 1.54) is 4.31 Å². The van der Waals surface area contributed by atoms with Crippen LogP contribution in [0, 0.1) is 5.92 Å². The third-order valence-electron chi connectivity index (χ3n) is 4.43. The van der Waals surface area contributed by atoms with Gasteiger partial charge in [-0.3, -0.25) is 4.79 Å². The Morgan fingerprint density at radius 2 is 1.89 bits per heavy atom. The van der Waals surface area contributed by atoms with Crippen LogP contribution in [0.25, 0.3) is 11.6 Å². The molecule has 0 bridgehead atoms. The summed E-state index contributed by atoms with van der Waals surface area (Å²) in [6.45, 7) is 3.49. The molecule has 3 rings (SSSR count). The number of aromatic nitrogens is 4. The molecule has 1 aliphatic rings. The van der Waals surface area contributed by atoms with Gasteiger partial charge in [0.05, 0.1) is 25.0 Å². The summed E-state index contributed by atoms with van der Waals surface area (Å²) in [5.74, 6) is 1.47. The van der Waals surface area contributed by atoms with Crippen LogP contribution in [0.3, 0.4) is 0 Å². The van der Waals surface area contributed by atoms with E-state index in [0.717, 1.165) is 18.2 Å². The monoisotopic (exact) mass is 399 g/mol. The molecule has 0 radical (unpaired) electrons. The molecule has 0 aromatic carbocycles. The molecule has 0 aliphatic carbocycles. The van der Waals surface area contributed by atoms with Gasteiger partial charge in [-0.05, 0) is 6.92 Å². The molecule has 1 fully saturated rings. The SMILES string of the molecule is CCn1ccnc1-c1nccn1[C@@H]1COC[C@@H]1CS(=O)(=O)N(C)C.O=CO. The molecule has 2 aromatic heterocycles. The summed E-state index contributed by atoms with van der Waals surface area (Å²) in [4.78, 5) is 17.2. The van der Waals surface area contributed by atoms with E-state index in [0.29, 0.717) is 13.2 Å². The van der Waals surface area contributed by atoms with Crippen LogP contribution in [-0.2, 0) is 26.1 Å². The van der Waals surface area contributed by atoms with Crippen LogP contribution in [0.4, 0.5) is 0 Å². The lowest BCUT2D eigenvalue weighted by Gasteiger charge is -2.22. The zero-order valence-electron chi connectivity index (χ0n) is 15.6. The second-order valence-electron chi connectivity index (χ2n) is 6.23. The van der Waals surface area contributed by atoms with E-state index in [9.17, 15) is 8.42 Å². The Labute approximate surface area is 158 Å². The summed E-state index contributed by atoms with van der Waals surface area (Å²) >= 11 is 0. The topological polar surface area (TPSA) is 120 Å². The number of nitrogens with zero attached hydrogens (tertiary/aromatic N) is 5. The molecular formula is C16H25N5O5S. The van der Waals surface area contributed by atoms with Gasteiger partial charge >= 0.3 is 0 Å². The number of rotatable bonds is 6. The van der Waals surface area contributed by atoms with Crippen LogP contribution < -0.4 is 0 Å². The molecule has 10 nitrogen and oxygen atoms in total. The number of sulfonamides is 1. The molecule has 0 amide bonds. The van der Waals surface area contributed by atoms with Gasteiger partial charge in [-0.15, -0.1) is 0 Å². The highest BCUT2D eigenvalue weighted by Gasteiger charge is 2.35. The molecule has 2 aromatic rings. The van der Waals surface area contributed by atoms with E-state index in [2.05, 4.69) is 9.97 Å². The van der Waals surface area contributed by atoms with Crippen molar-refractivity contribution in [1.29, 1.82) is 0 Å². The highest BCUT2D eigenvalue weighted by atomic mass is 32.2. The Morgan fingerprint density at radius 3 is 2.52 bits per heavy atom. The molecular weight excluding hydrogens is 374 g/mol. The van der Waals surface area contributed by atoms with E-state index < -0.39 is 10.0 Å². The number of ether oxygens (including phenoxy) is 1. The summed E-state index contributed by atoms with van der Waals surface area (Å²) in [7, 11) is -0.174. The van der Waals surface area contributed by atoms with Gasteiger partial charge in [0.25, 0.3) is 6.47 Å². The summed E-state index contributed by atoms with van der Waals surface area (Å²) < 4.78 is 35.4. The molecule has 150 valence electrons. The third-order valence-corrected chi connectivity index (χ3v) is 6.39. The Hall–Kier alpha value is -2.24. The predicted molar refractivity (Wildman–Crippen MR) is 98.6 cm³/mol. The maximum Gasteiger partial charge on any atom is 0.290 e. The summed E-state index contributed by atoms with van der Waals surface area (Å²) in [5.41, 5.74) is 0. The van der Waals surface area contributed by atoms with Crippen molar-refractivity contribution in [2.24, 2.45) is 5.92 Å². The summed E-state index contributed by atoms with van der Waals surface area (Å²) in [5, 5.41) is 6.89. The van der Waals surface area contributed by atoms with E-state index >= 15 is 0 Å². The summed E-state index contributed by atoms with van der Waals surface area (Å²) in [6.07, 6.45) is 7.25. The first-order valence-corrected chi connectivity index (χ1v) is 10.1. The Bertz CT molecular complexity index is 845. The average molecular weight is 399 g/mol. The van der Waals surface area contributed by atoms with E-state index in [1.807, 2.05) is 28.5 Å². The van der Waals surface area contributed by atoms with Crippen molar-refractivity contribution in [3.05, 3.63) is 24.8 Å². The highest BCUT2D eigenvalue weighted by molar-refractivity contribution is 7.89. The van der Waals surface area contributed by atoms with E-state index in [4.69, 9.17) is 14.6 Å². The first-order valence-electron chi connectivity index (χ1n) is 8.45. The highest BCUT2D eigenvalue weighted by Crippen LogP contribution is 2.31. The maximum atomic E-state index is 12.2. The van der Waals surface area contributed by atoms with Gasteiger partial charge < -0.3 is 19.0 Å². The minimum Gasteiger partial charge on any atom is -0.483 e. The van der Waals surface area contributed by atoms with Crippen LogP contribution in [0.15, 0.2) is 24.8 Å². The first-order chi connectivity index (χ1) is 12.9. The number of aryl methyl sites for hydroxylation is 1. The van der Waals surface area contributed by atoms with Gasteiger partial charge in [0, 0.05) is 51.3 Å². The van der Waals surface area contributed by atoms with Crippen LogP contribution in [0.5, 0.6) is 0 Å². The fourth-order valence-electron chi connectivity index (χ4n) is 3.00. The van der Waals surface area contributed by atoms with Crippen molar-refractivity contribution < 1.29 is 23.1 Å². The molecule has 0 spiro atoms. The minimum atomic E-state index is -3.29. The average Bonchev–Trinajstić information content (AvgIpc) is 3.34.